The minimum atomic E-state index is 0.0326. The van der Waals surface area contributed by atoms with Crippen LogP contribution in [0.15, 0.2) is 12.5 Å². The van der Waals surface area contributed by atoms with Crippen molar-refractivity contribution in [3.63, 3.8) is 0 Å². The Morgan fingerprint density at radius 1 is 1.41 bits per heavy atom. The molecule has 2 aromatic heterocycles. The maximum atomic E-state index is 12.5. The molecule has 7 nitrogen and oxygen atoms in total. The summed E-state index contributed by atoms with van der Waals surface area (Å²) in [5.74, 6) is 0.857. The van der Waals surface area contributed by atoms with Crippen LogP contribution >= 0.6 is 11.5 Å². The van der Waals surface area contributed by atoms with Crippen LogP contribution in [0.25, 0.3) is 0 Å². The van der Waals surface area contributed by atoms with Crippen LogP contribution in [0.2, 0.25) is 0 Å². The zero-order valence-corrected chi connectivity index (χ0v) is 13.9. The van der Waals surface area contributed by atoms with E-state index in [1.807, 2.05) is 25.9 Å². The normalized spacial score (nSPS) is 16.0. The molecule has 0 unspecified atom stereocenters. The summed E-state index contributed by atoms with van der Waals surface area (Å²) >= 11 is 1.44. The maximum Gasteiger partial charge on any atom is 0.272 e. The molecular formula is C14H20N6OS. The first-order chi connectivity index (χ1) is 10.6. The highest BCUT2D eigenvalue weighted by Crippen LogP contribution is 2.24. The van der Waals surface area contributed by atoms with E-state index in [-0.39, 0.29) is 11.9 Å². The molecule has 0 atom stereocenters. The fourth-order valence-electron chi connectivity index (χ4n) is 2.77. The Morgan fingerprint density at radius 2 is 2.14 bits per heavy atom. The summed E-state index contributed by atoms with van der Waals surface area (Å²) in [5, 5.41) is 0.983. The van der Waals surface area contributed by atoms with Crippen molar-refractivity contribution in [2.24, 2.45) is 7.05 Å². The molecule has 0 aromatic carbocycles. The lowest BCUT2D eigenvalue weighted by atomic mass is 10.0. The van der Waals surface area contributed by atoms with Gasteiger partial charge in [-0.3, -0.25) is 4.79 Å². The van der Waals surface area contributed by atoms with Crippen LogP contribution in [-0.4, -0.2) is 55.9 Å². The molecule has 0 aliphatic carbocycles. The minimum absolute atomic E-state index is 0.0326. The Bertz CT molecular complexity index is 658. The summed E-state index contributed by atoms with van der Waals surface area (Å²) < 4.78 is 5.99. The van der Waals surface area contributed by atoms with E-state index in [0.717, 1.165) is 36.9 Å². The predicted octanol–water partition coefficient (Wildman–Crippen LogP) is 1.32. The molecule has 1 aliphatic rings. The van der Waals surface area contributed by atoms with E-state index >= 15 is 0 Å². The van der Waals surface area contributed by atoms with E-state index in [1.54, 1.807) is 17.1 Å². The number of nitrogens with zero attached hydrogens (tertiary/aromatic N) is 6. The standard InChI is InChI=1S/C14H20N6OS/c1-10-16-14(22-17-10)20-6-4-11(5-7-20)19(3)13(21)12-8-15-9-18(12)2/h8-9,11H,4-7H2,1-3H3. The fraction of sp³-hybridized carbons (Fsp3) is 0.571. The number of carbonyl (C=O) groups excluding carboxylic acids is 1. The Morgan fingerprint density at radius 3 is 2.68 bits per heavy atom. The number of carbonyl (C=O) groups is 1. The highest BCUT2D eigenvalue weighted by molar-refractivity contribution is 7.09. The van der Waals surface area contributed by atoms with Gasteiger partial charge in [0.25, 0.3) is 5.91 Å². The smallest absolute Gasteiger partial charge is 0.272 e. The summed E-state index contributed by atoms with van der Waals surface area (Å²) in [5.41, 5.74) is 0.629. The third-order valence-corrected chi connectivity index (χ3v) is 5.02. The van der Waals surface area contributed by atoms with Gasteiger partial charge >= 0.3 is 0 Å². The van der Waals surface area contributed by atoms with Crippen molar-refractivity contribution in [3.05, 3.63) is 24.0 Å². The number of rotatable bonds is 3. The van der Waals surface area contributed by atoms with Gasteiger partial charge in [-0.05, 0) is 19.8 Å². The molecule has 1 amide bonds. The molecule has 0 spiro atoms. The number of amides is 1. The first-order valence-corrected chi connectivity index (χ1v) is 8.12. The average Bonchev–Trinajstić information content (AvgIpc) is 3.14. The first kappa shape index (κ1) is 15.0. The van der Waals surface area contributed by atoms with Crippen molar-refractivity contribution >= 4 is 22.6 Å². The molecule has 0 N–H and O–H groups in total. The van der Waals surface area contributed by atoms with Gasteiger partial charge in [0.1, 0.15) is 11.5 Å². The monoisotopic (exact) mass is 320 g/mol. The molecule has 1 aliphatic heterocycles. The lowest BCUT2D eigenvalue weighted by Gasteiger charge is -2.36. The molecule has 0 bridgehead atoms. The second-order valence-electron chi connectivity index (χ2n) is 5.65. The summed E-state index contributed by atoms with van der Waals surface area (Å²) in [4.78, 5) is 25.1. The van der Waals surface area contributed by atoms with E-state index in [1.165, 1.54) is 11.5 Å². The number of imidazole rings is 1. The van der Waals surface area contributed by atoms with Gasteiger partial charge in [0.05, 0.1) is 12.5 Å². The molecule has 3 heterocycles. The van der Waals surface area contributed by atoms with Crippen molar-refractivity contribution in [2.75, 3.05) is 25.0 Å². The highest BCUT2D eigenvalue weighted by atomic mass is 32.1. The molecule has 8 heteroatoms. The van der Waals surface area contributed by atoms with Crippen molar-refractivity contribution in [3.8, 4) is 0 Å². The number of aromatic nitrogens is 4. The van der Waals surface area contributed by atoms with Crippen LogP contribution in [0.3, 0.4) is 0 Å². The predicted molar refractivity (Wildman–Crippen MR) is 85.2 cm³/mol. The Kier molecular flexibility index (Phi) is 4.10. The average molecular weight is 320 g/mol. The van der Waals surface area contributed by atoms with Gasteiger partial charge < -0.3 is 14.4 Å². The zero-order valence-electron chi connectivity index (χ0n) is 13.1. The van der Waals surface area contributed by atoms with E-state index in [9.17, 15) is 4.79 Å². The van der Waals surface area contributed by atoms with Crippen molar-refractivity contribution < 1.29 is 4.79 Å². The summed E-state index contributed by atoms with van der Waals surface area (Å²) in [7, 11) is 3.72. The third-order valence-electron chi connectivity index (χ3n) is 4.16. The Labute approximate surface area is 133 Å². The van der Waals surface area contributed by atoms with Crippen molar-refractivity contribution in [2.45, 2.75) is 25.8 Å². The molecule has 22 heavy (non-hydrogen) atoms. The van der Waals surface area contributed by atoms with E-state index < -0.39 is 0 Å². The van der Waals surface area contributed by atoms with Crippen molar-refractivity contribution in [1.29, 1.82) is 0 Å². The van der Waals surface area contributed by atoms with Crippen LogP contribution in [0, 0.1) is 6.92 Å². The quantitative estimate of drug-likeness (QED) is 0.853. The molecule has 1 fully saturated rings. The summed E-state index contributed by atoms with van der Waals surface area (Å²) in [6.07, 6.45) is 5.16. The van der Waals surface area contributed by atoms with E-state index in [0.29, 0.717) is 5.69 Å². The second-order valence-corrected chi connectivity index (χ2v) is 6.38. The molecule has 1 saturated heterocycles. The van der Waals surface area contributed by atoms with Gasteiger partial charge in [-0.25, -0.2) is 9.97 Å². The Balaban J connectivity index is 1.61. The van der Waals surface area contributed by atoms with Gasteiger partial charge in [-0.15, -0.1) is 0 Å². The van der Waals surface area contributed by atoms with E-state index in [2.05, 4.69) is 19.2 Å². The number of piperidine rings is 1. The fourth-order valence-corrected chi connectivity index (χ4v) is 3.49. The highest BCUT2D eigenvalue weighted by Gasteiger charge is 2.28. The minimum Gasteiger partial charge on any atom is -0.347 e. The maximum absolute atomic E-state index is 12.5. The molecule has 0 saturated carbocycles. The third kappa shape index (κ3) is 2.83. The molecule has 2 aromatic rings. The molecule has 118 valence electrons. The lowest BCUT2D eigenvalue weighted by Crippen LogP contribution is -2.46. The van der Waals surface area contributed by atoms with Crippen LogP contribution in [0.1, 0.15) is 29.2 Å². The SMILES string of the molecule is Cc1nsc(N2CCC(N(C)C(=O)c3cncn3C)CC2)n1. The zero-order chi connectivity index (χ0) is 15.7. The summed E-state index contributed by atoms with van der Waals surface area (Å²) in [6.45, 7) is 3.72. The van der Waals surface area contributed by atoms with Crippen LogP contribution < -0.4 is 4.90 Å². The number of aryl methyl sites for hydroxylation is 2. The van der Waals surface area contributed by atoms with Gasteiger partial charge in [-0.2, -0.15) is 4.37 Å². The van der Waals surface area contributed by atoms with Crippen LogP contribution in [-0.2, 0) is 7.05 Å². The van der Waals surface area contributed by atoms with Crippen LogP contribution in [0.5, 0.6) is 0 Å². The second kappa shape index (κ2) is 6.04. The van der Waals surface area contributed by atoms with Gasteiger partial charge in [-0.1, -0.05) is 0 Å². The van der Waals surface area contributed by atoms with Gasteiger partial charge in [0.15, 0.2) is 0 Å². The lowest BCUT2D eigenvalue weighted by molar-refractivity contribution is 0.0699. The van der Waals surface area contributed by atoms with Gasteiger partial charge in [0.2, 0.25) is 5.13 Å². The summed E-state index contributed by atoms with van der Waals surface area (Å²) in [6, 6.07) is 0.257. The number of hydrogen-bond acceptors (Lipinski definition) is 6. The molecule has 0 radical (unpaired) electrons. The van der Waals surface area contributed by atoms with E-state index in [4.69, 9.17) is 0 Å². The number of anilines is 1. The largest absolute Gasteiger partial charge is 0.347 e. The van der Waals surface area contributed by atoms with Crippen LogP contribution in [0.4, 0.5) is 5.13 Å². The first-order valence-electron chi connectivity index (χ1n) is 7.35. The topological polar surface area (TPSA) is 67.2 Å². The molecule has 3 rings (SSSR count). The van der Waals surface area contributed by atoms with Crippen molar-refractivity contribution in [1.82, 2.24) is 23.8 Å². The Hall–Kier alpha value is -1.96. The number of hydrogen-bond donors (Lipinski definition) is 0. The van der Waals surface area contributed by atoms with Gasteiger partial charge in [0, 0.05) is 44.8 Å². The molecular weight excluding hydrogens is 300 g/mol.